The molecule has 0 aromatic heterocycles. The molecule has 2 N–H and O–H groups in total. The van der Waals surface area contributed by atoms with Crippen molar-refractivity contribution in [3.05, 3.63) is 29.8 Å². The van der Waals surface area contributed by atoms with E-state index in [2.05, 4.69) is 9.89 Å². The molecule has 0 saturated carbocycles. The summed E-state index contributed by atoms with van der Waals surface area (Å²) in [5, 5.41) is 0. The highest BCUT2D eigenvalue weighted by Gasteiger charge is 2.11. The van der Waals surface area contributed by atoms with Crippen molar-refractivity contribution >= 4 is 41.7 Å². The van der Waals surface area contributed by atoms with Crippen molar-refractivity contribution in [2.24, 2.45) is 10.7 Å². The molecule has 0 unspecified atom stereocenters. The Bertz CT molecular complexity index is 482. The average Bonchev–Trinajstić information content (AvgIpc) is 2.58. The summed E-state index contributed by atoms with van der Waals surface area (Å²) in [6.07, 6.45) is 0.888. The SMILES string of the molecule is COCCCOc1cccc(CN=C(N)N2CCSCC2)c1.I. The van der Waals surface area contributed by atoms with E-state index in [1.54, 1.807) is 7.11 Å². The Kier molecular flexibility index (Phi) is 10.5. The van der Waals surface area contributed by atoms with Crippen LogP contribution in [0.2, 0.25) is 0 Å². The number of benzene rings is 1. The molecule has 0 spiro atoms. The fraction of sp³-hybridized carbons (Fsp3) is 0.562. The highest BCUT2D eigenvalue weighted by atomic mass is 127. The molecule has 2 rings (SSSR count). The minimum atomic E-state index is 0. The van der Waals surface area contributed by atoms with E-state index >= 15 is 0 Å². The van der Waals surface area contributed by atoms with Crippen LogP contribution in [-0.4, -0.2) is 55.8 Å². The third-order valence-electron chi connectivity index (χ3n) is 3.42. The highest BCUT2D eigenvalue weighted by Crippen LogP contribution is 2.15. The van der Waals surface area contributed by atoms with Gasteiger partial charge in [0.2, 0.25) is 0 Å². The number of aliphatic imine (C=N–C) groups is 1. The van der Waals surface area contributed by atoms with E-state index in [-0.39, 0.29) is 24.0 Å². The van der Waals surface area contributed by atoms with Crippen molar-refractivity contribution < 1.29 is 9.47 Å². The molecule has 1 saturated heterocycles. The van der Waals surface area contributed by atoms with Crippen LogP contribution in [0.1, 0.15) is 12.0 Å². The van der Waals surface area contributed by atoms with Gasteiger partial charge in [0.1, 0.15) is 5.75 Å². The van der Waals surface area contributed by atoms with E-state index in [0.717, 1.165) is 42.3 Å². The number of hydrogen-bond donors (Lipinski definition) is 1. The lowest BCUT2D eigenvalue weighted by molar-refractivity contribution is 0.172. The van der Waals surface area contributed by atoms with E-state index < -0.39 is 0 Å². The molecule has 1 fully saturated rings. The summed E-state index contributed by atoms with van der Waals surface area (Å²) in [5.74, 6) is 3.77. The third-order valence-corrected chi connectivity index (χ3v) is 4.36. The summed E-state index contributed by atoms with van der Waals surface area (Å²) in [5.41, 5.74) is 7.18. The number of halogens is 1. The van der Waals surface area contributed by atoms with E-state index in [1.807, 2.05) is 36.0 Å². The summed E-state index contributed by atoms with van der Waals surface area (Å²) < 4.78 is 10.7. The molecule has 130 valence electrons. The number of nitrogens with zero attached hydrogens (tertiary/aromatic N) is 2. The summed E-state index contributed by atoms with van der Waals surface area (Å²) in [6.45, 7) is 3.94. The number of hydrogen-bond acceptors (Lipinski definition) is 4. The third kappa shape index (κ3) is 7.63. The standard InChI is InChI=1S/C16H25N3O2S.HI/c1-20-8-3-9-21-15-5-2-4-14(12-15)13-18-16(17)19-6-10-22-11-7-19;/h2,4-5,12H,3,6-11,13H2,1H3,(H2,17,18);1H. The van der Waals surface area contributed by atoms with Crippen molar-refractivity contribution in [1.82, 2.24) is 4.90 Å². The molecule has 5 nitrogen and oxygen atoms in total. The first kappa shape index (κ1) is 20.4. The maximum atomic E-state index is 6.07. The molecule has 7 heteroatoms. The van der Waals surface area contributed by atoms with Gasteiger partial charge >= 0.3 is 0 Å². The van der Waals surface area contributed by atoms with Crippen LogP contribution in [0.3, 0.4) is 0 Å². The molecule has 1 aromatic rings. The molecule has 0 atom stereocenters. The van der Waals surface area contributed by atoms with Gasteiger partial charge in [-0.3, -0.25) is 0 Å². The first-order valence-electron chi connectivity index (χ1n) is 7.63. The maximum absolute atomic E-state index is 6.07. The van der Waals surface area contributed by atoms with Crippen LogP contribution in [0.25, 0.3) is 0 Å². The Labute approximate surface area is 160 Å². The van der Waals surface area contributed by atoms with Crippen LogP contribution in [0.5, 0.6) is 5.75 Å². The molecular weight excluding hydrogens is 425 g/mol. The van der Waals surface area contributed by atoms with Crippen LogP contribution in [-0.2, 0) is 11.3 Å². The number of ether oxygens (including phenoxy) is 2. The fourth-order valence-electron chi connectivity index (χ4n) is 2.19. The Morgan fingerprint density at radius 2 is 2.09 bits per heavy atom. The number of nitrogens with two attached hydrogens (primary N) is 1. The Morgan fingerprint density at radius 1 is 1.30 bits per heavy atom. The van der Waals surface area contributed by atoms with Crippen molar-refractivity contribution in [3.8, 4) is 5.75 Å². The van der Waals surface area contributed by atoms with Crippen molar-refractivity contribution in [2.45, 2.75) is 13.0 Å². The summed E-state index contributed by atoms with van der Waals surface area (Å²) in [6, 6.07) is 8.02. The van der Waals surface area contributed by atoms with Crippen LogP contribution in [0, 0.1) is 0 Å². The van der Waals surface area contributed by atoms with Gasteiger partial charge in [-0.25, -0.2) is 4.99 Å². The normalized spacial score (nSPS) is 15.2. The second kappa shape index (κ2) is 11.8. The van der Waals surface area contributed by atoms with Gasteiger partial charge in [-0.15, -0.1) is 24.0 Å². The van der Waals surface area contributed by atoms with E-state index in [1.165, 1.54) is 0 Å². The van der Waals surface area contributed by atoms with Gasteiger partial charge in [0.15, 0.2) is 5.96 Å². The molecule has 0 aliphatic carbocycles. The molecule has 1 aliphatic rings. The van der Waals surface area contributed by atoms with Crippen LogP contribution in [0.4, 0.5) is 0 Å². The molecule has 0 bridgehead atoms. The van der Waals surface area contributed by atoms with Gasteiger partial charge < -0.3 is 20.1 Å². The average molecular weight is 451 g/mol. The zero-order valence-electron chi connectivity index (χ0n) is 13.6. The molecule has 1 heterocycles. The number of methoxy groups -OCH3 is 1. The minimum absolute atomic E-state index is 0. The lowest BCUT2D eigenvalue weighted by Crippen LogP contribution is -2.42. The van der Waals surface area contributed by atoms with E-state index in [4.69, 9.17) is 15.2 Å². The van der Waals surface area contributed by atoms with Crippen LogP contribution in [0.15, 0.2) is 29.3 Å². The smallest absolute Gasteiger partial charge is 0.191 e. The fourth-order valence-corrected chi connectivity index (χ4v) is 3.09. The zero-order chi connectivity index (χ0) is 15.6. The molecule has 0 radical (unpaired) electrons. The van der Waals surface area contributed by atoms with Crippen LogP contribution >= 0.6 is 35.7 Å². The van der Waals surface area contributed by atoms with E-state index in [9.17, 15) is 0 Å². The lowest BCUT2D eigenvalue weighted by Gasteiger charge is -2.27. The van der Waals surface area contributed by atoms with Gasteiger partial charge in [-0.05, 0) is 17.7 Å². The second-order valence-corrected chi connectivity index (χ2v) is 6.34. The van der Waals surface area contributed by atoms with Gasteiger partial charge in [0, 0.05) is 44.7 Å². The van der Waals surface area contributed by atoms with Crippen molar-refractivity contribution in [3.63, 3.8) is 0 Å². The lowest BCUT2D eigenvalue weighted by atomic mass is 10.2. The number of guanidine groups is 1. The number of rotatable bonds is 7. The monoisotopic (exact) mass is 451 g/mol. The Morgan fingerprint density at radius 3 is 2.83 bits per heavy atom. The molecular formula is C16H26IN3O2S. The first-order valence-corrected chi connectivity index (χ1v) is 8.78. The van der Waals surface area contributed by atoms with Gasteiger partial charge in [-0.2, -0.15) is 11.8 Å². The van der Waals surface area contributed by atoms with Crippen molar-refractivity contribution in [1.29, 1.82) is 0 Å². The Hall–Kier alpha value is -0.670. The Balaban J connectivity index is 0.00000264. The highest BCUT2D eigenvalue weighted by molar-refractivity contribution is 14.0. The molecule has 1 aliphatic heterocycles. The molecule has 23 heavy (non-hydrogen) atoms. The second-order valence-electron chi connectivity index (χ2n) is 5.12. The topological polar surface area (TPSA) is 60.1 Å². The zero-order valence-corrected chi connectivity index (χ0v) is 16.7. The van der Waals surface area contributed by atoms with Crippen LogP contribution < -0.4 is 10.5 Å². The maximum Gasteiger partial charge on any atom is 0.191 e. The van der Waals surface area contributed by atoms with Gasteiger partial charge in [0.05, 0.1) is 13.2 Å². The molecule has 0 amide bonds. The quantitative estimate of drug-likeness (QED) is 0.299. The summed E-state index contributed by atoms with van der Waals surface area (Å²) >= 11 is 1.97. The summed E-state index contributed by atoms with van der Waals surface area (Å²) in [7, 11) is 1.70. The first-order chi connectivity index (χ1) is 10.8. The van der Waals surface area contributed by atoms with E-state index in [0.29, 0.717) is 25.7 Å². The minimum Gasteiger partial charge on any atom is -0.493 e. The number of thioether (sulfide) groups is 1. The largest absolute Gasteiger partial charge is 0.493 e. The predicted molar refractivity (Wildman–Crippen MR) is 108 cm³/mol. The molecule has 1 aromatic carbocycles. The van der Waals surface area contributed by atoms with Gasteiger partial charge in [0.25, 0.3) is 0 Å². The van der Waals surface area contributed by atoms with Crippen molar-refractivity contribution in [2.75, 3.05) is 44.9 Å². The summed E-state index contributed by atoms with van der Waals surface area (Å²) in [4.78, 5) is 6.66. The predicted octanol–water partition coefficient (Wildman–Crippen LogP) is 2.58. The van der Waals surface area contributed by atoms with Gasteiger partial charge in [-0.1, -0.05) is 12.1 Å².